The molecule has 1 aliphatic heterocycles. The molecular weight excluding hydrogens is 128 g/mol. The highest BCUT2D eigenvalue weighted by Crippen LogP contribution is 1.97. The minimum absolute atomic E-state index is 0.401. The van der Waals surface area contributed by atoms with Gasteiger partial charge in [0.15, 0.2) is 0 Å². The van der Waals surface area contributed by atoms with Gasteiger partial charge in [-0.1, -0.05) is 6.08 Å². The molecule has 0 aromatic carbocycles. The van der Waals surface area contributed by atoms with E-state index in [0.717, 1.165) is 0 Å². The van der Waals surface area contributed by atoms with Crippen LogP contribution in [0.5, 0.6) is 0 Å². The Labute approximate surface area is 58.9 Å². The quantitative estimate of drug-likeness (QED) is 0.543. The van der Waals surface area contributed by atoms with Crippen molar-refractivity contribution < 1.29 is 4.79 Å². The lowest BCUT2D eigenvalue weighted by Crippen LogP contribution is -2.12. The highest BCUT2D eigenvalue weighted by Gasteiger charge is 1.98. The van der Waals surface area contributed by atoms with Crippen LogP contribution in [0.3, 0.4) is 0 Å². The highest BCUT2D eigenvalue weighted by atomic mass is 16.1. The Morgan fingerprint density at radius 3 is 3.20 bits per heavy atom. The monoisotopic (exact) mass is 136 g/mol. The molecule has 10 heavy (non-hydrogen) atoms. The molecule has 52 valence electrons. The number of carbonyl (C=O) groups is 1. The van der Waals surface area contributed by atoms with Gasteiger partial charge in [-0.3, -0.25) is 9.79 Å². The molecular formula is C7H8N2O. The normalized spacial score (nSPS) is 16.2. The average molecular weight is 136 g/mol. The maximum atomic E-state index is 10.6. The molecule has 0 aromatic rings. The van der Waals surface area contributed by atoms with Crippen molar-refractivity contribution in [1.29, 1.82) is 0 Å². The number of primary amides is 1. The van der Waals surface area contributed by atoms with Crippen LogP contribution < -0.4 is 5.73 Å². The average Bonchev–Trinajstić information content (AvgIpc) is 2.12. The van der Waals surface area contributed by atoms with E-state index in [1.807, 2.05) is 0 Å². The largest absolute Gasteiger partial charge is 0.366 e. The maximum absolute atomic E-state index is 10.6. The van der Waals surface area contributed by atoms with Gasteiger partial charge in [-0.25, -0.2) is 0 Å². The predicted octanol–water partition coefficient (Wildman–Crippen LogP) is 0.0387. The molecule has 3 nitrogen and oxygen atoms in total. The van der Waals surface area contributed by atoms with Crippen molar-refractivity contribution in [2.75, 3.05) is 6.54 Å². The van der Waals surface area contributed by atoms with E-state index < -0.39 is 5.91 Å². The first-order valence-corrected chi connectivity index (χ1v) is 2.97. The second-order valence-corrected chi connectivity index (χ2v) is 1.90. The summed E-state index contributed by atoms with van der Waals surface area (Å²) in [5, 5.41) is 0. The Morgan fingerprint density at radius 1 is 1.70 bits per heavy atom. The molecule has 0 saturated carbocycles. The van der Waals surface area contributed by atoms with Gasteiger partial charge in [-0.05, 0) is 12.2 Å². The van der Waals surface area contributed by atoms with Crippen LogP contribution in [0.2, 0.25) is 0 Å². The zero-order valence-corrected chi connectivity index (χ0v) is 5.45. The molecule has 1 aliphatic rings. The molecule has 0 aromatic heterocycles. The number of amides is 1. The molecule has 0 spiro atoms. The molecule has 0 radical (unpaired) electrons. The number of allylic oxidation sites excluding steroid dienone is 1. The molecule has 0 bridgehead atoms. The first-order chi connectivity index (χ1) is 4.80. The zero-order chi connectivity index (χ0) is 7.40. The fourth-order valence-electron chi connectivity index (χ4n) is 0.670. The summed E-state index contributed by atoms with van der Waals surface area (Å²) in [6.07, 6.45) is 6.69. The minimum Gasteiger partial charge on any atom is -0.366 e. The van der Waals surface area contributed by atoms with Crippen LogP contribution in [0, 0.1) is 0 Å². The van der Waals surface area contributed by atoms with Gasteiger partial charge in [0, 0.05) is 11.8 Å². The molecule has 1 rings (SSSR count). The molecule has 3 heteroatoms. The van der Waals surface area contributed by atoms with Gasteiger partial charge in [-0.2, -0.15) is 0 Å². The lowest BCUT2D eigenvalue weighted by atomic mass is 10.2. The van der Waals surface area contributed by atoms with Gasteiger partial charge >= 0.3 is 0 Å². The van der Waals surface area contributed by atoms with E-state index in [0.29, 0.717) is 12.1 Å². The third-order valence-corrected chi connectivity index (χ3v) is 1.17. The van der Waals surface area contributed by atoms with Gasteiger partial charge in [0.2, 0.25) is 5.91 Å². The standard InChI is InChI=1S/C7H8N2O/c8-7(10)6-2-1-4-9-5-3-6/h1-4H,5H2,(H2,8,10). The summed E-state index contributed by atoms with van der Waals surface area (Å²) in [6, 6.07) is 0. The van der Waals surface area contributed by atoms with Gasteiger partial charge in [-0.15, -0.1) is 0 Å². The number of hydrogen-bond donors (Lipinski definition) is 1. The summed E-state index contributed by atoms with van der Waals surface area (Å²) in [6.45, 7) is 0.533. The first-order valence-electron chi connectivity index (χ1n) is 2.97. The Morgan fingerprint density at radius 2 is 2.50 bits per heavy atom. The lowest BCUT2D eigenvalue weighted by Gasteiger charge is -1.90. The Bertz CT molecular complexity index is 226. The fraction of sp³-hybridized carbons (Fsp3) is 0.143. The Hall–Kier alpha value is -1.38. The smallest absolute Gasteiger partial charge is 0.248 e. The number of rotatable bonds is 1. The summed E-state index contributed by atoms with van der Waals surface area (Å²) in [4.78, 5) is 14.5. The fourth-order valence-corrected chi connectivity index (χ4v) is 0.670. The van der Waals surface area contributed by atoms with Crippen molar-refractivity contribution in [2.24, 2.45) is 10.7 Å². The molecule has 1 heterocycles. The summed E-state index contributed by atoms with van der Waals surface area (Å²) in [5.41, 5.74) is 5.55. The van der Waals surface area contributed by atoms with E-state index in [1.54, 1.807) is 24.4 Å². The maximum Gasteiger partial charge on any atom is 0.248 e. The lowest BCUT2D eigenvalue weighted by molar-refractivity contribution is -0.114. The summed E-state index contributed by atoms with van der Waals surface area (Å²) in [7, 11) is 0. The topological polar surface area (TPSA) is 55.5 Å². The van der Waals surface area contributed by atoms with Crippen LogP contribution >= 0.6 is 0 Å². The van der Waals surface area contributed by atoms with Crippen molar-refractivity contribution >= 4 is 12.1 Å². The number of nitrogens with zero attached hydrogens (tertiary/aromatic N) is 1. The summed E-state index contributed by atoms with van der Waals surface area (Å²) >= 11 is 0. The van der Waals surface area contributed by atoms with Gasteiger partial charge in [0.25, 0.3) is 0 Å². The Kier molecular flexibility index (Phi) is 1.99. The van der Waals surface area contributed by atoms with Crippen LogP contribution in [-0.4, -0.2) is 18.7 Å². The van der Waals surface area contributed by atoms with Crippen LogP contribution in [-0.2, 0) is 4.79 Å². The molecule has 1 amide bonds. The van der Waals surface area contributed by atoms with Crippen LogP contribution in [0.1, 0.15) is 0 Å². The van der Waals surface area contributed by atoms with Gasteiger partial charge in [0.05, 0.1) is 6.54 Å². The van der Waals surface area contributed by atoms with Crippen molar-refractivity contribution in [3.63, 3.8) is 0 Å². The molecule has 0 aliphatic carbocycles. The Balaban J connectivity index is 2.78. The summed E-state index contributed by atoms with van der Waals surface area (Å²) < 4.78 is 0. The molecule has 0 atom stereocenters. The summed E-state index contributed by atoms with van der Waals surface area (Å²) in [5.74, 6) is -0.401. The number of carbonyl (C=O) groups excluding carboxylic acids is 1. The molecule has 0 unspecified atom stereocenters. The van der Waals surface area contributed by atoms with E-state index in [4.69, 9.17) is 5.73 Å². The van der Waals surface area contributed by atoms with E-state index in [9.17, 15) is 4.79 Å². The SMILES string of the molecule is NC(=O)C1=CCN=CC=C1. The third-order valence-electron chi connectivity index (χ3n) is 1.17. The van der Waals surface area contributed by atoms with E-state index in [-0.39, 0.29) is 0 Å². The number of aliphatic imine (C=N–C) groups is 1. The molecule has 0 fully saturated rings. The molecule has 2 N–H and O–H groups in total. The molecule has 0 saturated heterocycles. The second-order valence-electron chi connectivity index (χ2n) is 1.90. The minimum atomic E-state index is -0.401. The zero-order valence-electron chi connectivity index (χ0n) is 5.45. The van der Waals surface area contributed by atoms with E-state index in [2.05, 4.69) is 4.99 Å². The van der Waals surface area contributed by atoms with Gasteiger partial charge in [0.1, 0.15) is 0 Å². The third kappa shape index (κ3) is 1.55. The van der Waals surface area contributed by atoms with Gasteiger partial charge < -0.3 is 5.73 Å². The van der Waals surface area contributed by atoms with Crippen LogP contribution in [0.15, 0.2) is 28.8 Å². The van der Waals surface area contributed by atoms with E-state index in [1.165, 1.54) is 0 Å². The van der Waals surface area contributed by atoms with Crippen LogP contribution in [0.4, 0.5) is 0 Å². The van der Waals surface area contributed by atoms with Crippen molar-refractivity contribution in [2.45, 2.75) is 0 Å². The van der Waals surface area contributed by atoms with E-state index >= 15 is 0 Å². The predicted molar refractivity (Wildman–Crippen MR) is 39.8 cm³/mol. The number of nitrogens with two attached hydrogens (primary N) is 1. The highest BCUT2D eigenvalue weighted by molar-refractivity contribution is 5.96. The van der Waals surface area contributed by atoms with Crippen molar-refractivity contribution in [3.05, 3.63) is 23.8 Å². The first kappa shape index (κ1) is 6.74. The van der Waals surface area contributed by atoms with Crippen molar-refractivity contribution in [1.82, 2.24) is 0 Å². The number of hydrogen-bond acceptors (Lipinski definition) is 2. The second kappa shape index (κ2) is 2.96. The van der Waals surface area contributed by atoms with Crippen LogP contribution in [0.25, 0.3) is 0 Å². The van der Waals surface area contributed by atoms with Crippen molar-refractivity contribution in [3.8, 4) is 0 Å².